The maximum atomic E-state index is 11.8. The summed E-state index contributed by atoms with van der Waals surface area (Å²) < 4.78 is 11.7. The van der Waals surface area contributed by atoms with Crippen molar-refractivity contribution in [2.24, 2.45) is 0 Å². The third-order valence-electron chi connectivity index (χ3n) is 4.84. The molecular weight excluding hydrogens is 479 g/mol. The van der Waals surface area contributed by atoms with Crippen LogP contribution in [-0.4, -0.2) is 18.5 Å². The van der Waals surface area contributed by atoms with E-state index in [0.717, 1.165) is 56.9 Å². The summed E-state index contributed by atoms with van der Waals surface area (Å²) in [6.07, 6.45) is 12.9. The van der Waals surface area contributed by atoms with Crippen LogP contribution in [0.5, 0.6) is 0 Å². The second-order valence-corrected chi connectivity index (χ2v) is 8.79. The van der Waals surface area contributed by atoms with E-state index in [1.165, 1.54) is 22.8 Å². The molecule has 0 aliphatic rings. The summed E-state index contributed by atoms with van der Waals surface area (Å²) in [6.45, 7) is 3.12. The lowest BCUT2D eigenvalue weighted by Crippen LogP contribution is -2.05. The number of unbranched alkanes of at least 4 members (excludes halogenated alkanes) is 9. The molecule has 0 radical (unpaired) electrons. The van der Waals surface area contributed by atoms with E-state index in [9.17, 15) is 9.59 Å². The van der Waals surface area contributed by atoms with Crippen LogP contribution in [0, 0.1) is 3.57 Å². The maximum Gasteiger partial charge on any atom is 0.306 e. The summed E-state index contributed by atoms with van der Waals surface area (Å²) in [5.41, 5.74) is 1.02. The lowest BCUT2D eigenvalue weighted by Gasteiger charge is -2.06. The van der Waals surface area contributed by atoms with Crippen molar-refractivity contribution in [1.82, 2.24) is 0 Å². The molecule has 0 N–H and O–H groups in total. The van der Waals surface area contributed by atoms with Gasteiger partial charge in [0.2, 0.25) is 0 Å². The van der Waals surface area contributed by atoms with Crippen molar-refractivity contribution in [3.05, 3.63) is 33.4 Å². The van der Waals surface area contributed by atoms with Gasteiger partial charge in [0, 0.05) is 16.4 Å². The first-order valence-electron chi connectivity index (χ1n) is 11.2. The smallest absolute Gasteiger partial charge is 0.306 e. The molecule has 0 amide bonds. The second kappa shape index (κ2) is 17.7. The molecule has 0 atom stereocenters. The summed E-state index contributed by atoms with van der Waals surface area (Å²) >= 11 is 2.25. The molecule has 5 heteroatoms. The number of ether oxygens (including phenoxy) is 2. The first kappa shape index (κ1) is 25.9. The molecule has 0 aliphatic carbocycles. The first-order chi connectivity index (χ1) is 14.1. The Morgan fingerprint density at radius 3 is 1.86 bits per heavy atom. The fraction of sp³-hybridized carbons (Fsp3) is 0.667. The molecule has 0 unspecified atom stereocenters. The van der Waals surface area contributed by atoms with Crippen LogP contribution in [-0.2, 0) is 25.7 Å². The summed E-state index contributed by atoms with van der Waals surface area (Å²) in [6, 6.07) is 7.99. The summed E-state index contributed by atoms with van der Waals surface area (Å²) in [7, 11) is 0. The minimum absolute atomic E-state index is 0.0589. The zero-order valence-corrected chi connectivity index (χ0v) is 20.1. The van der Waals surface area contributed by atoms with E-state index in [0.29, 0.717) is 26.1 Å². The number of hydrogen-bond acceptors (Lipinski definition) is 4. The second-order valence-electron chi connectivity index (χ2n) is 7.54. The maximum absolute atomic E-state index is 11.8. The van der Waals surface area contributed by atoms with E-state index in [4.69, 9.17) is 9.47 Å². The van der Waals surface area contributed by atoms with Gasteiger partial charge in [-0.3, -0.25) is 9.59 Å². The molecule has 0 aromatic heterocycles. The van der Waals surface area contributed by atoms with Crippen molar-refractivity contribution >= 4 is 34.5 Å². The van der Waals surface area contributed by atoms with Crippen molar-refractivity contribution in [1.29, 1.82) is 0 Å². The van der Waals surface area contributed by atoms with Gasteiger partial charge in [-0.25, -0.2) is 0 Å². The van der Waals surface area contributed by atoms with Gasteiger partial charge < -0.3 is 9.47 Å². The predicted molar refractivity (Wildman–Crippen MR) is 126 cm³/mol. The van der Waals surface area contributed by atoms with Crippen molar-refractivity contribution in [3.8, 4) is 0 Å². The van der Waals surface area contributed by atoms with Gasteiger partial charge in [0.15, 0.2) is 0 Å². The Balaban J connectivity index is 1.87. The monoisotopic (exact) mass is 516 g/mol. The van der Waals surface area contributed by atoms with Gasteiger partial charge >= 0.3 is 11.9 Å². The zero-order valence-electron chi connectivity index (χ0n) is 17.9. The van der Waals surface area contributed by atoms with E-state index in [1.807, 2.05) is 24.3 Å². The van der Waals surface area contributed by atoms with Gasteiger partial charge in [-0.2, -0.15) is 0 Å². The molecule has 0 saturated carbocycles. The molecule has 0 heterocycles. The largest absolute Gasteiger partial charge is 0.466 e. The summed E-state index contributed by atoms with van der Waals surface area (Å²) in [4.78, 5) is 23.4. The van der Waals surface area contributed by atoms with E-state index < -0.39 is 0 Å². The molecule has 1 aromatic carbocycles. The van der Waals surface area contributed by atoms with E-state index in [1.54, 1.807) is 0 Å². The average molecular weight is 516 g/mol. The van der Waals surface area contributed by atoms with Gasteiger partial charge in [0.1, 0.15) is 6.61 Å². The highest BCUT2D eigenvalue weighted by atomic mass is 127. The molecule has 0 saturated heterocycles. The van der Waals surface area contributed by atoms with Crippen molar-refractivity contribution < 1.29 is 19.1 Å². The lowest BCUT2D eigenvalue weighted by molar-refractivity contribution is -0.145. The highest BCUT2D eigenvalue weighted by Gasteiger charge is 2.05. The number of carbonyl (C=O) groups excluding carboxylic acids is 2. The molecule has 29 heavy (non-hydrogen) atoms. The van der Waals surface area contributed by atoms with Gasteiger partial charge in [-0.1, -0.05) is 70.4 Å². The van der Waals surface area contributed by atoms with E-state index >= 15 is 0 Å². The van der Waals surface area contributed by atoms with Crippen LogP contribution in [0.3, 0.4) is 0 Å². The minimum Gasteiger partial charge on any atom is -0.466 e. The van der Waals surface area contributed by atoms with Gasteiger partial charge in [0.25, 0.3) is 0 Å². The SMILES string of the molecule is CCCCCCCOC(=O)CCCCCCCCC(=O)OCc1ccc(I)cc1. The van der Waals surface area contributed by atoms with Crippen LogP contribution in [0.25, 0.3) is 0 Å². The Labute approximate surface area is 190 Å². The molecule has 164 valence electrons. The molecule has 1 aromatic rings. The van der Waals surface area contributed by atoms with Crippen LogP contribution in [0.2, 0.25) is 0 Å². The van der Waals surface area contributed by atoms with Gasteiger partial charge in [-0.15, -0.1) is 0 Å². The highest BCUT2D eigenvalue weighted by Crippen LogP contribution is 2.11. The fourth-order valence-corrected chi connectivity index (χ4v) is 3.39. The van der Waals surface area contributed by atoms with Crippen molar-refractivity contribution in [3.63, 3.8) is 0 Å². The third kappa shape index (κ3) is 15.4. The molecule has 0 aliphatic heterocycles. The molecule has 4 nitrogen and oxygen atoms in total. The number of esters is 2. The van der Waals surface area contributed by atoms with Gasteiger partial charge in [-0.05, 0) is 59.5 Å². The van der Waals surface area contributed by atoms with Crippen LogP contribution in [0.4, 0.5) is 0 Å². The number of carbonyl (C=O) groups is 2. The number of rotatable bonds is 17. The van der Waals surface area contributed by atoms with Crippen molar-refractivity contribution in [2.75, 3.05) is 6.61 Å². The Kier molecular flexibility index (Phi) is 15.8. The normalized spacial score (nSPS) is 10.7. The Hall–Kier alpha value is -1.11. The molecule has 1 rings (SSSR count). The van der Waals surface area contributed by atoms with Crippen LogP contribution < -0.4 is 0 Å². The fourth-order valence-electron chi connectivity index (χ4n) is 3.03. The molecule has 0 fully saturated rings. The Morgan fingerprint density at radius 2 is 1.24 bits per heavy atom. The summed E-state index contributed by atoms with van der Waals surface area (Å²) in [5, 5.41) is 0. The Bertz CT molecular complexity index is 557. The highest BCUT2D eigenvalue weighted by molar-refractivity contribution is 14.1. The molecule has 0 bridgehead atoms. The van der Waals surface area contributed by atoms with Crippen LogP contribution in [0.15, 0.2) is 24.3 Å². The first-order valence-corrected chi connectivity index (χ1v) is 12.3. The average Bonchev–Trinajstić information content (AvgIpc) is 2.72. The van der Waals surface area contributed by atoms with Crippen LogP contribution in [0.1, 0.15) is 96.0 Å². The zero-order chi connectivity index (χ0) is 21.2. The van der Waals surface area contributed by atoms with E-state index in [2.05, 4.69) is 29.5 Å². The van der Waals surface area contributed by atoms with E-state index in [-0.39, 0.29) is 11.9 Å². The predicted octanol–water partition coefficient (Wildman–Crippen LogP) is 6.97. The minimum atomic E-state index is -0.124. The molecule has 0 spiro atoms. The molecular formula is C24H37IO4. The summed E-state index contributed by atoms with van der Waals surface area (Å²) in [5.74, 6) is -0.183. The van der Waals surface area contributed by atoms with Crippen molar-refractivity contribution in [2.45, 2.75) is 97.0 Å². The number of halogens is 1. The van der Waals surface area contributed by atoms with Crippen LogP contribution >= 0.6 is 22.6 Å². The topological polar surface area (TPSA) is 52.6 Å². The number of hydrogen-bond donors (Lipinski definition) is 0. The quantitative estimate of drug-likeness (QED) is 0.128. The standard InChI is InChI=1S/C24H37IO4/c1-2-3-4-9-12-19-28-23(26)13-10-7-5-6-8-11-14-24(27)29-20-21-15-17-22(25)18-16-21/h15-18H,2-14,19-20H2,1H3. The number of benzene rings is 1. The Morgan fingerprint density at radius 1 is 0.724 bits per heavy atom. The van der Waals surface area contributed by atoms with Gasteiger partial charge in [0.05, 0.1) is 6.61 Å². The third-order valence-corrected chi connectivity index (χ3v) is 5.55. The lowest BCUT2D eigenvalue weighted by atomic mass is 10.1.